The van der Waals surface area contributed by atoms with Crippen molar-refractivity contribution >= 4 is 17.6 Å². The molecule has 1 aromatic carbocycles. The van der Waals surface area contributed by atoms with Crippen LogP contribution in [-0.4, -0.2) is 47.9 Å². The van der Waals surface area contributed by atoms with Gasteiger partial charge in [0, 0.05) is 11.6 Å². The third-order valence-electron chi connectivity index (χ3n) is 4.06. The van der Waals surface area contributed by atoms with E-state index in [9.17, 15) is 9.90 Å². The fraction of sp³-hybridized carbons (Fsp3) is 0.588. The molecule has 0 bridgehead atoms. The molecule has 1 aromatic rings. The summed E-state index contributed by atoms with van der Waals surface area (Å²) >= 11 is 6.04. The van der Waals surface area contributed by atoms with E-state index in [0.717, 1.165) is 12.0 Å². The SMILES string of the molecule is CC[C@H](NC(=O)N1CCOC[C@@H]1C[C@@H](C)O)c1cccc(Cl)c1. The predicted octanol–water partition coefficient (Wildman–Crippen LogP) is 2.97. The second-order valence-corrected chi connectivity index (χ2v) is 6.41. The van der Waals surface area contributed by atoms with E-state index in [1.54, 1.807) is 11.8 Å². The van der Waals surface area contributed by atoms with Gasteiger partial charge in [-0.2, -0.15) is 0 Å². The molecule has 0 aromatic heterocycles. The van der Waals surface area contributed by atoms with E-state index in [1.807, 2.05) is 31.2 Å². The Kier molecular flexibility index (Phi) is 6.69. The van der Waals surface area contributed by atoms with Crippen LogP contribution in [0.4, 0.5) is 4.79 Å². The van der Waals surface area contributed by atoms with Crippen molar-refractivity contribution < 1.29 is 14.6 Å². The molecule has 0 spiro atoms. The standard InChI is InChI=1S/C17H25ClN2O3/c1-3-16(13-5-4-6-14(18)10-13)19-17(22)20-7-8-23-11-15(20)9-12(2)21/h4-6,10,12,15-16,21H,3,7-9,11H2,1-2H3,(H,19,22)/t12-,15+,16+/m1/s1. The summed E-state index contributed by atoms with van der Waals surface area (Å²) in [7, 11) is 0. The van der Waals surface area contributed by atoms with Gasteiger partial charge in [-0.05, 0) is 37.5 Å². The maximum atomic E-state index is 12.7. The number of benzene rings is 1. The summed E-state index contributed by atoms with van der Waals surface area (Å²) in [4.78, 5) is 14.4. The van der Waals surface area contributed by atoms with Crippen molar-refractivity contribution in [3.63, 3.8) is 0 Å². The van der Waals surface area contributed by atoms with Crippen LogP contribution in [-0.2, 0) is 4.74 Å². The molecule has 6 heteroatoms. The summed E-state index contributed by atoms with van der Waals surface area (Å²) in [6.07, 6.45) is 0.825. The van der Waals surface area contributed by atoms with Crippen molar-refractivity contribution in [2.75, 3.05) is 19.8 Å². The Bertz CT molecular complexity index is 524. The Morgan fingerprint density at radius 2 is 2.35 bits per heavy atom. The zero-order valence-corrected chi connectivity index (χ0v) is 14.4. The first-order valence-corrected chi connectivity index (χ1v) is 8.47. The lowest BCUT2D eigenvalue weighted by molar-refractivity contribution is -0.00486. The lowest BCUT2D eigenvalue weighted by atomic mass is 10.0. The molecular formula is C17H25ClN2O3. The van der Waals surface area contributed by atoms with Crippen LogP contribution in [0.15, 0.2) is 24.3 Å². The fourth-order valence-electron chi connectivity index (χ4n) is 2.89. The van der Waals surface area contributed by atoms with Gasteiger partial charge in [0.2, 0.25) is 0 Å². The van der Waals surface area contributed by atoms with Crippen LogP contribution in [0.1, 0.15) is 38.3 Å². The van der Waals surface area contributed by atoms with Gasteiger partial charge in [-0.25, -0.2) is 4.79 Å². The number of hydrogen-bond acceptors (Lipinski definition) is 3. The van der Waals surface area contributed by atoms with Crippen molar-refractivity contribution in [3.8, 4) is 0 Å². The molecular weight excluding hydrogens is 316 g/mol. The molecule has 3 atom stereocenters. The van der Waals surface area contributed by atoms with E-state index >= 15 is 0 Å². The molecule has 23 heavy (non-hydrogen) atoms. The normalized spacial score (nSPS) is 20.9. The first kappa shape index (κ1) is 18.0. The van der Waals surface area contributed by atoms with Crippen LogP contribution in [0.2, 0.25) is 5.02 Å². The molecule has 0 unspecified atom stereocenters. The molecule has 1 heterocycles. The van der Waals surface area contributed by atoms with Crippen molar-refractivity contribution in [2.24, 2.45) is 0 Å². The van der Waals surface area contributed by atoms with Gasteiger partial charge >= 0.3 is 6.03 Å². The minimum atomic E-state index is -0.466. The van der Waals surface area contributed by atoms with Crippen LogP contribution in [0.25, 0.3) is 0 Å². The summed E-state index contributed by atoms with van der Waals surface area (Å²) in [5, 5.41) is 13.3. The molecule has 128 valence electrons. The van der Waals surface area contributed by atoms with Gasteiger partial charge in [0.25, 0.3) is 0 Å². The number of ether oxygens (including phenoxy) is 1. The van der Waals surface area contributed by atoms with Crippen molar-refractivity contribution in [2.45, 2.75) is 44.9 Å². The van der Waals surface area contributed by atoms with Gasteiger partial charge in [0.05, 0.1) is 31.4 Å². The number of rotatable bonds is 5. The lowest BCUT2D eigenvalue weighted by Crippen LogP contribution is -2.53. The van der Waals surface area contributed by atoms with Gasteiger partial charge in [0.15, 0.2) is 0 Å². The number of halogens is 1. The zero-order chi connectivity index (χ0) is 16.8. The average molecular weight is 341 g/mol. The third kappa shape index (κ3) is 5.09. The highest BCUT2D eigenvalue weighted by Crippen LogP contribution is 2.21. The number of aliphatic hydroxyl groups excluding tert-OH is 1. The highest BCUT2D eigenvalue weighted by atomic mass is 35.5. The Labute approximate surface area is 142 Å². The highest BCUT2D eigenvalue weighted by Gasteiger charge is 2.29. The van der Waals surface area contributed by atoms with Crippen molar-refractivity contribution in [3.05, 3.63) is 34.9 Å². The second kappa shape index (κ2) is 8.52. The molecule has 1 aliphatic heterocycles. The summed E-state index contributed by atoms with van der Waals surface area (Å²) < 4.78 is 5.44. The number of carbonyl (C=O) groups is 1. The summed E-state index contributed by atoms with van der Waals surface area (Å²) in [6.45, 7) is 5.28. The van der Waals surface area contributed by atoms with Crippen LogP contribution < -0.4 is 5.32 Å². The van der Waals surface area contributed by atoms with Crippen LogP contribution in [0.5, 0.6) is 0 Å². The van der Waals surface area contributed by atoms with E-state index in [2.05, 4.69) is 5.32 Å². The van der Waals surface area contributed by atoms with Gasteiger partial charge in [-0.1, -0.05) is 30.7 Å². The summed E-state index contributed by atoms with van der Waals surface area (Å²) in [5.41, 5.74) is 0.994. The third-order valence-corrected chi connectivity index (χ3v) is 4.29. The average Bonchev–Trinajstić information content (AvgIpc) is 2.52. The number of nitrogens with one attached hydrogen (secondary N) is 1. The zero-order valence-electron chi connectivity index (χ0n) is 13.7. The summed E-state index contributed by atoms with van der Waals surface area (Å²) in [5.74, 6) is 0. The Morgan fingerprint density at radius 1 is 1.57 bits per heavy atom. The number of urea groups is 1. The number of amides is 2. The van der Waals surface area contributed by atoms with E-state index in [-0.39, 0.29) is 18.1 Å². The second-order valence-electron chi connectivity index (χ2n) is 5.97. The van der Waals surface area contributed by atoms with Gasteiger partial charge < -0.3 is 20.1 Å². The molecule has 0 aliphatic carbocycles. The van der Waals surface area contributed by atoms with E-state index in [1.165, 1.54) is 0 Å². The number of morpholine rings is 1. The van der Waals surface area contributed by atoms with E-state index in [4.69, 9.17) is 16.3 Å². The molecule has 2 amide bonds. The van der Waals surface area contributed by atoms with E-state index < -0.39 is 6.10 Å². The molecule has 2 N–H and O–H groups in total. The van der Waals surface area contributed by atoms with E-state index in [0.29, 0.717) is 31.2 Å². The molecule has 1 aliphatic rings. The Balaban J connectivity index is 2.05. The topological polar surface area (TPSA) is 61.8 Å². The highest BCUT2D eigenvalue weighted by molar-refractivity contribution is 6.30. The first-order chi connectivity index (χ1) is 11.0. The molecule has 5 nitrogen and oxygen atoms in total. The van der Waals surface area contributed by atoms with Gasteiger partial charge in [-0.15, -0.1) is 0 Å². The summed E-state index contributed by atoms with van der Waals surface area (Å²) in [6, 6.07) is 7.25. The predicted molar refractivity (Wildman–Crippen MR) is 90.6 cm³/mol. The Hall–Kier alpha value is -1.30. The molecule has 2 rings (SSSR count). The quantitative estimate of drug-likeness (QED) is 0.866. The van der Waals surface area contributed by atoms with Gasteiger partial charge in [-0.3, -0.25) is 0 Å². The monoisotopic (exact) mass is 340 g/mol. The lowest BCUT2D eigenvalue weighted by Gasteiger charge is -2.37. The molecule has 0 radical (unpaired) electrons. The minimum Gasteiger partial charge on any atom is -0.393 e. The number of carbonyl (C=O) groups excluding carboxylic acids is 1. The number of aliphatic hydroxyl groups is 1. The van der Waals surface area contributed by atoms with Gasteiger partial charge in [0.1, 0.15) is 0 Å². The smallest absolute Gasteiger partial charge is 0.318 e. The van der Waals surface area contributed by atoms with Crippen LogP contribution in [0.3, 0.4) is 0 Å². The van der Waals surface area contributed by atoms with Crippen LogP contribution in [0, 0.1) is 0 Å². The maximum absolute atomic E-state index is 12.7. The number of hydrogen-bond donors (Lipinski definition) is 2. The van der Waals surface area contributed by atoms with Crippen molar-refractivity contribution in [1.82, 2.24) is 10.2 Å². The Morgan fingerprint density at radius 3 is 3.00 bits per heavy atom. The molecule has 1 saturated heterocycles. The van der Waals surface area contributed by atoms with Crippen molar-refractivity contribution in [1.29, 1.82) is 0 Å². The number of nitrogens with zero attached hydrogens (tertiary/aromatic N) is 1. The maximum Gasteiger partial charge on any atom is 0.318 e. The molecule has 1 fully saturated rings. The first-order valence-electron chi connectivity index (χ1n) is 8.09. The molecule has 0 saturated carbocycles. The fourth-order valence-corrected chi connectivity index (χ4v) is 3.09. The largest absolute Gasteiger partial charge is 0.393 e. The van der Waals surface area contributed by atoms with Crippen LogP contribution >= 0.6 is 11.6 Å². The minimum absolute atomic E-state index is 0.0868.